The molecule has 1 heterocycles. The van der Waals surface area contributed by atoms with Crippen molar-refractivity contribution in [1.82, 2.24) is 4.98 Å². The first-order chi connectivity index (χ1) is 10.0. The largest absolute Gasteiger partial charge is 0.360 e. The summed E-state index contributed by atoms with van der Waals surface area (Å²) in [6, 6.07) is 8.04. The van der Waals surface area contributed by atoms with Gasteiger partial charge in [-0.1, -0.05) is 11.6 Å². The molecule has 0 spiro atoms. The van der Waals surface area contributed by atoms with Crippen LogP contribution in [0.1, 0.15) is 10.4 Å². The number of hydrogen-bond acceptors (Lipinski definition) is 1. The monoisotopic (exact) mass is 306 g/mol. The fourth-order valence-electron chi connectivity index (χ4n) is 2.06. The van der Waals surface area contributed by atoms with Gasteiger partial charge in [0.15, 0.2) is 0 Å². The van der Waals surface area contributed by atoms with Crippen molar-refractivity contribution in [1.29, 1.82) is 0 Å². The molecule has 1 amide bonds. The summed E-state index contributed by atoms with van der Waals surface area (Å²) in [4.78, 5) is 15.1. The highest BCUT2D eigenvalue weighted by Gasteiger charge is 2.14. The van der Waals surface area contributed by atoms with Crippen molar-refractivity contribution in [3.63, 3.8) is 0 Å². The molecule has 2 aromatic carbocycles. The van der Waals surface area contributed by atoms with Gasteiger partial charge >= 0.3 is 0 Å². The van der Waals surface area contributed by atoms with Gasteiger partial charge in [-0.05, 0) is 30.3 Å². The predicted octanol–water partition coefficient (Wildman–Crippen LogP) is 4.35. The van der Waals surface area contributed by atoms with Crippen molar-refractivity contribution >= 4 is 34.1 Å². The maximum atomic E-state index is 13.5. The molecule has 3 aromatic rings. The summed E-state index contributed by atoms with van der Waals surface area (Å²) in [5, 5.41) is 3.52. The normalized spacial score (nSPS) is 10.8. The number of H-pyrrole nitrogens is 1. The van der Waals surface area contributed by atoms with Crippen molar-refractivity contribution in [2.24, 2.45) is 0 Å². The summed E-state index contributed by atoms with van der Waals surface area (Å²) in [6.45, 7) is 0. The lowest BCUT2D eigenvalue weighted by molar-refractivity contribution is 0.102. The molecule has 1 aromatic heterocycles. The summed E-state index contributed by atoms with van der Waals surface area (Å²) >= 11 is 5.91. The second-order valence-corrected chi connectivity index (χ2v) is 4.91. The Morgan fingerprint density at radius 2 is 1.95 bits per heavy atom. The molecule has 0 aliphatic heterocycles. The van der Waals surface area contributed by atoms with Crippen molar-refractivity contribution in [3.8, 4) is 0 Å². The van der Waals surface area contributed by atoms with Gasteiger partial charge in [-0.3, -0.25) is 4.79 Å². The van der Waals surface area contributed by atoms with Gasteiger partial charge in [0.1, 0.15) is 11.6 Å². The van der Waals surface area contributed by atoms with Crippen LogP contribution in [0.2, 0.25) is 5.02 Å². The van der Waals surface area contributed by atoms with E-state index in [1.807, 2.05) is 0 Å². The molecule has 0 fully saturated rings. The number of anilines is 1. The summed E-state index contributed by atoms with van der Waals surface area (Å²) in [7, 11) is 0. The van der Waals surface area contributed by atoms with Gasteiger partial charge in [-0.15, -0.1) is 0 Å². The van der Waals surface area contributed by atoms with E-state index in [4.69, 9.17) is 11.6 Å². The first-order valence-electron chi connectivity index (χ1n) is 6.07. The van der Waals surface area contributed by atoms with Crippen LogP contribution >= 0.6 is 11.6 Å². The third-order valence-electron chi connectivity index (χ3n) is 3.07. The molecule has 0 saturated heterocycles. The Labute approximate surface area is 123 Å². The maximum absolute atomic E-state index is 13.5. The van der Waals surface area contributed by atoms with E-state index in [1.165, 1.54) is 12.3 Å². The quantitative estimate of drug-likeness (QED) is 0.726. The first kappa shape index (κ1) is 13.6. The van der Waals surface area contributed by atoms with E-state index in [-0.39, 0.29) is 5.69 Å². The van der Waals surface area contributed by atoms with E-state index in [1.54, 1.807) is 18.2 Å². The molecule has 0 unspecified atom stereocenters. The Morgan fingerprint density at radius 3 is 2.71 bits per heavy atom. The lowest BCUT2D eigenvalue weighted by atomic mass is 10.1. The first-order valence-corrected chi connectivity index (χ1v) is 6.45. The van der Waals surface area contributed by atoms with Crippen LogP contribution in [-0.4, -0.2) is 10.9 Å². The zero-order valence-electron chi connectivity index (χ0n) is 10.6. The Hall–Kier alpha value is -2.40. The zero-order chi connectivity index (χ0) is 15.0. The van der Waals surface area contributed by atoms with Crippen LogP contribution in [-0.2, 0) is 0 Å². The van der Waals surface area contributed by atoms with Crippen molar-refractivity contribution < 1.29 is 13.6 Å². The minimum Gasteiger partial charge on any atom is -0.360 e. The van der Waals surface area contributed by atoms with Crippen molar-refractivity contribution in [2.75, 3.05) is 5.32 Å². The lowest BCUT2D eigenvalue weighted by Crippen LogP contribution is -2.12. The highest BCUT2D eigenvalue weighted by Crippen LogP contribution is 2.24. The number of fused-ring (bicyclic) bond motifs is 1. The van der Waals surface area contributed by atoms with E-state index in [0.717, 1.165) is 11.6 Å². The molecule has 0 saturated carbocycles. The molecule has 0 atom stereocenters. The zero-order valence-corrected chi connectivity index (χ0v) is 11.3. The van der Waals surface area contributed by atoms with E-state index < -0.39 is 17.5 Å². The number of amides is 1. The Morgan fingerprint density at radius 1 is 1.14 bits per heavy atom. The number of halogens is 3. The molecule has 106 valence electrons. The van der Waals surface area contributed by atoms with Crippen LogP contribution in [0.4, 0.5) is 14.5 Å². The molecule has 3 nitrogen and oxygen atoms in total. The number of carbonyl (C=O) groups excluding carboxylic acids is 1. The number of aromatic amines is 1. The van der Waals surface area contributed by atoms with E-state index in [9.17, 15) is 13.6 Å². The van der Waals surface area contributed by atoms with Crippen LogP contribution < -0.4 is 5.32 Å². The molecule has 0 aliphatic carbocycles. The van der Waals surface area contributed by atoms with Crippen molar-refractivity contribution in [2.45, 2.75) is 0 Å². The Bertz CT molecular complexity index is 845. The molecule has 0 aliphatic rings. The molecule has 2 N–H and O–H groups in total. The maximum Gasteiger partial charge on any atom is 0.257 e. The standard InChI is InChI=1S/C15H9ClF2N2O/c16-8-1-3-13-10(5-8)11(7-19-13)15(21)20-14-4-2-9(17)6-12(14)18/h1-7,19H,(H,20,21). The van der Waals surface area contributed by atoms with Gasteiger partial charge in [0, 0.05) is 28.2 Å². The average molecular weight is 307 g/mol. The molecular weight excluding hydrogens is 298 g/mol. The average Bonchev–Trinajstić information content (AvgIpc) is 2.85. The van der Waals surface area contributed by atoms with Crippen LogP contribution in [0, 0.1) is 11.6 Å². The molecular formula is C15H9ClF2N2O. The van der Waals surface area contributed by atoms with Gasteiger partial charge in [0.05, 0.1) is 11.3 Å². The minimum atomic E-state index is -0.832. The second kappa shape index (κ2) is 5.18. The summed E-state index contributed by atoms with van der Waals surface area (Å²) < 4.78 is 26.4. The van der Waals surface area contributed by atoms with Crippen LogP contribution in [0.15, 0.2) is 42.6 Å². The second-order valence-electron chi connectivity index (χ2n) is 4.47. The van der Waals surface area contributed by atoms with Gasteiger partial charge in [0.2, 0.25) is 0 Å². The van der Waals surface area contributed by atoms with Crippen LogP contribution in [0.25, 0.3) is 10.9 Å². The van der Waals surface area contributed by atoms with Gasteiger partial charge in [0.25, 0.3) is 5.91 Å². The van der Waals surface area contributed by atoms with Gasteiger partial charge < -0.3 is 10.3 Å². The topological polar surface area (TPSA) is 44.9 Å². The summed E-state index contributed by atoms with van der Waals surface area (Å²) in [6.07, 6.45) is 1.51. The minimum absolute atomic E-state index is 0.0854. The summed E-state index contributed by atoms with van der Waals surface area (Å²) in [5.74, 6) is -2.04. The number of nitrogens with one attached hydrogen (secondary N) is 2. The molecule has 0 bridgehead atoms. The smallest absolute Gasteiger partial charge is 0.257 e. The third kappa shape index (κ3) is 2.60. The lowest BCUT2D eigenvalue weighted by Gasteiger charge is -2.05. The Balaban J connectivity index is 1.95. The van der Waals surface area contributed by atoms with E-state index >= 15 is 0 Å². The van der Waals surface area contributed by atoms with Crippen LogP contribution in [0.3, 0.4) is 0 Å². The molecule has 0 radical (unpaired) electrons. The Kier molecular flexibility index (Phi) is 3.35. The fourth-order valence-corrected chi connectivity index (χ4v) is 2.23. The number of rotatable bonds is 2. The van der Waals surface area contributed by atoms with Gasteiger partial charge in [-0.25, -0.2) is 8.78 Å². The SMILES string of the molecule is O=C(Nc1ccc(F)cc1F)c1c[nH]c2ccc(Cl)cc12. The van der Waals surface area contributed by atoms with E-state index in [2.05, 4.69) is 10.3 Å². The number of hydrogen-bond donors (Lipinski definition) is 2. The third-order valence-corrected chi connectivity index (χ3v) is 3.30. The van der Waals surface area contributed by atoms with Crippen molar-refractivity contribution in [3.05, 3.63) is 64.8 Å². The summed E-state index contributed by atoms with van der Waals surface area (Å²) in [5.41, 5.74) is 0.984. The predicted molar refractivity (Wildman–Crippen MR) is 77.6 cm³/mol. The highest BCUT2D eigenvalue weighted by atomic mass is 35.5. The fraction of sp³-hybridized carbons (Fsp3) is 0. The highest BCUT2D eigenvalue weighted by molar-refractivity contribution is 6.31. The van der Waals surface area contributed by atoms with E-state index in [0.29, 0.717) is 22.0 Å². The molecule has 6 heteroatoms. The molecule has 3 rings (SSSR count). The van der Waals surface area contributed by atoms with Crippen LogP contribution in [0.5, 0.6) is 0 Å². The number of carbonyl (C=O) groups is 1. The number of benzene rings is 2. The number of aromatic nitrogens is 1. The van der Waals surface area contributed by atoms with Gasteiger partial charge in [-0.2, -0.15) is 0 Å². The molecule has 21 heavy (non-hydrogen) atoms.